The summed E-state index contributed by atoms with van der Waals surface area (Å²) in [6.45, 7) is 2.28. The lowest BCUT2D eigenvalue weighted by Crippen LogP contribution is -2.31. The number of amides is 2. The lowest BCUT2D eigenvalue weighted by molar-refractivity contribution is -0.128. The molecule has 23 heavy (non-hydrogen) atoms. The van der Waals surface area contributed by atoms with Crippen LogP contribution >= 0.6 is 0 Å². The van der Waals surface area contributed by atoms with Crippen LogP contribution in [0.25, 0.3) is 0 Å². The molecule has 0 spiro atoms. The summed E-state index contributed by atoms with van der Waals surface area (Å²) in [4.78, 5) is 24.2. The number of imide groups is 1. The minimum atomic E-state index is -1.67. The van der Waals surface area contributed by atoms with Crippen molar-refractivity contribution < 1.29 is 19.1 Å². The van der Waals surface area contributed by atoms with Crippen molar-refractivity contribution in [3.63, 3.8) is 0 Å². The van der Waals surface area contributed by atoms with E-state index in [4.69, 9.17) is 9.47 Å². The van der Waals surface area contributed by atoms with Crippen LogP contribution < -0.4 is 14.8 Å². The van der Waals surface area contributed by atoms with Crippen molar-refractivity contribution in [1.82, 2.24) is 5.32 Å². The molecule has 0 aromatic heterocycles. The maximum atomic E-state index is 12.1. The van der Waals surface area contributed by atoms with Crippen LogP contribution in [0, 0.1) is 33.5 Å². The number of benzene rings is 1. The first-order valence-electron chi connectivity index (χ1n) is 7.02. The quantitative estimate of drug-likeness (QED) is 0.826. The summed E-state index contributed by atoms with van der Waals surface area (Å²) >= 11 is 0. The van der Waals surface area contributed by atoms with Gasteiger partial charge in [-0.25, -0.2) is 0 Å². The third kappa shape index (κ3) is 1.51. The van der Waals surface area contributed by atoms with Crippen LogP contribution in [-0.2, 0) is 9.59 Å². The molecule has 1 aromatic carbocycles. The van der Waals surface area contributed by atoms with Gasteiger partial charge in [-0.3, -0.25) is 14.9 Å². The second kappa shape index (κ2) is 4.72. The van der Waals surface area contributed by atoms with Gasteiger partial charge in [0, 0.05) is 5.92 Å². The fourth-order valence-electron chi connectivity index (χ4n) is 3.44. The monoisotopic (exact) mass is 311 g/mol. The van der Waals surface area contributed by atoms with Crippen molar-refractivity contribution in [2.24, 2.45) is 10.8 Å². The molecule has 3 rings (SSSR count). The smallest absolute Gasteiger partial charge is 0.250 e. The molecule has 1 N–H and O–H groups in total. The van der Waals surface area contributed by atoms with Crippen LogP contribution in [0.15, 0.2) is 18.2 Å². The van der Waals surface area contributed by atoms with Gasteiger partial charge in [0.2, 0.25) is 11.8 Å². The SMILES string of the molecule is CCOc1ccc(C2[C@]3(C#N)C(=O)NC(=O)[C@]23C#N)cc1OC. The van der Waals surface area contributed by atoms with E-state index >= 15 is 0 Å². The van der Waals surface area contributed by atoms with Crippen molar-refractivity contribution in [2.45, 2.75) is 12.8 Å². The normalized spacial score (nSPS) is 30.7. The van der Waals surface area contributed by atoms with Crippen LogP contribution in [-0.4, -0.2) is 25.5 Å². The molecule has 1 saturated heterocycles. The summed E-state index contributed by atoms with van der Waals surface area (Å²) in [5.41, 5.74) is -2.81. The van der Waals surface area contributed by atoms with Crippen molar-refractivity contribution in [3.8, 4) is 23.6 Å². The topological polar surface area (TPSA) is 112 Å². The van der Waals surface area contributed by atoms with Crippen molar-refractivity contribution in [1.29, 1.82) is 10.5 Å². The highest BCUT2D eigenvalue weighted by Crippen LogP contribution is 2.76. The standard InChI is InChI=1S/C16H13N3O4/c1-3-23-10-5-4-9(6-11(10)22-2)12-15(7-17)13(20)19-14(21)16(12,15)8-18/h4-6,12H,3H2,1-2H3,(H,19,20,21)/t12?,15-,16+. The number of hydrogen-bond donors (Lipinski definition) is 1. The molecule has 116 valence electrons. The molecule has 3 atom stereocenters. The molecular weight excluding hydrogens is 298 g/mol. The fourth-order valence-corrected chi connectivity index (χ4v) is 3.44. The second-order valence-electron chi connectivity index (χ2n) is 5.40. The molecule has 1 saturated carbocycles. The summed E-state index contributed by atoms with van der Waals surface area (Å²) in [5.74, 6) is -1.31. The number of ether oxygens (including phenoxy) is 2. The van der Waals surface area contributed by atoms with E-state index in [1.54, 1.807) is 18.2 Å². The fraction of sp³-hybridized carbons (Fsp3) is 0.375. The average molecular weight is 311 g/mol. The number of piperidine rings is 1. The summed E-state index contributed by atoms with van der Waals surface area (Å²) < 4.78 is 10.7. The van der Waals surface area contributed by atoms with Crippen molar-refractivity contribution in [3.05, 3.63) is 23.8 Å². The molecule has 2 amide bonds. The Morgan fingerprint density at radius 3 is 2.26 bits per heavy atom. The van der Waals surface area contributed by atoms with E-state index in [0.29, 0.717) is 23.7 Å². The van der Waals surface area contributed by atoms with E-state index in [2.05, 4.69) is 5.32 Å². The summed E-state index contributed by atoms with van der Waals surface area (Å²) in [5, 5.41) is 21.0. The van der Waals surface area contributed by atoms with E-state index in [9.17, 15) is 20.1 Å². The van der Waals surface area contributed by atoms with E-state index < -0.39 is 28.6 Å². The highest BCUT2D eigenvalue weighted by atomic mass is 16.5. The lowest BCUT2D eigenvalue weighted by atomic mass is 9.98. The molecule has 7 nitrogen and oxygen atoms in total. The van der Waals surface area contributed by atoms with Crippen LogP contribution in [0.1, 0.15) is 18.4 Å². The molecule has 2 fully saturated rings. The Hall–Kier alpha value is -3.06. The molecule has 1 aromatic rings. The zero-order chi connectivity index (χ0) is 16.8. The first kappa shape index (κ1) is 14.9. The zero-order valence-electron chi connectivity index (χ0n) is 12.5. The third-order valence-corrected chi connectivity index (χ3v) is 4.52. The first-order chi connectivity index (χ1) is 11.0. The molecule has 7 heteroatoms. The van der Waals surface area contributed by atoms with Gasteiger partial charge in [-0.1, -0.05) is 6.07 Å². The van der Waals surface area contributed by atoms with E-state index in [1.807, 2.05) is 19.1 Å². The Labute approximate surface area is 132 Å². The van der Waals surface area contributed by atoms with Crippen LogP contribution in [0.2, 0.25) is 0 Å². The van der Waals surface area contributed by atoms with Gasteiger partial charge >= 0.3 is 0 Å². The third-order valence-electron chi connectivity index (χ3n) is 4.52. The molecule has 2 aliphatic rings. The Kier molecular flexibility index (Phi) is 3.05. The van der Waals surface area contributed by atoms with Gasteiger partial charge in [-0.15, -0.1) is 0 Å². The number of carbonyl (C=O) groups is 2. The Bertz CT molecular complexity index is 769. The zero-order valence-corrected chi connectivity index (χ0v) is 12.5. The number of methoxy groups -OCH3 is 1. The van der Waals surface area contributed by atoms with E-state index in [1.165, 1.54) is 7.11 Å². The molecule has 1 unspecified atom stereocenters. The number of nitrogens with one attached hydrogen (secondary N) is 1. The maximum Gasteiger partial charge on any atom is 0.250 e. The molecule has 1 heterocycles. The van der Waals surface area contributed by atoms with Crippen LogP contribution in [0.4, 0.5) is 0 Å². The Morgan fingerprint density at radius 1 is 1.17 bits per heavy atom. The van der Waals surface area contributed by atoms with Gasteiger partial charge in [0.15, 0.2) is 22.3 Å². The highest BCUT2D eigenvalue weighted by Gasteiger charge is 2.90. The predicted molar refractivity (Wildman–Crippen MR) is 76.1 cm³/mol. The number of hydrogen-bond acceptors (Lipinski definition) is 6. The van der Waals surface area contributed by atoms with Gasteiger partial charge in [-0.05, 0) is 24.6 Å². The van der Waals surface area contributed by atoms with Gasteiger partial charge in [0.25, 0.3) is 0 Å². The van der Waals surface area contributed by atoms with Gasteiger partial charge < -0.3 is 9.47 Å². The Balaban J connectivity index is 2.11. The predicted octanol–water partition coefficient (Wildman–Crippen LogP) is 0.867. The van der Waals surface area contributed by atoms with E-state index in [0.717, 1.165) is 0 Å². The summed E-state index contributed by atoms with van der Waals surface area (Å²) in [7, 11) is 1.47. The van der Waals surface area contributed by atoms with E-state index in [-0.39, 0.29) is 0 Å². The Morgan fingerprint density at radius 2 is 1.78 bits per heavy atom. The molecule has 1 aliphatic heterocycles. The number of nitriles is 2. The number of nitrogens with zero attached hydrogens (tertiary/aromatic N) is 2. The van der Waals surface area contributed by atoms with Crippen LogP contribution in [0.3, 0.4) is 0 Å². The van der Waals surface area contributed by atoms with Crippen molar-refractivity contribution in [2.75, 3.05) is 13.7 Å². The molecular formula is C16H13N3O4. The van der Waals surface area contributed by atoms with Gasteiger partial charge in [0.1, 0.15) is 0 Å². The number of rotatable bonds is 4. The van der Waals surface area contributed by atoms with Gasteiger partial charge in [-0.2, -0.15) is 10.5 Å². The molecule has 0 radical (unpaired) electrons. The summed E-state index contributed by atoms with van der Waals surface area (Å²) in [6, 6.07) is 8.66. The minimum Gasteiger partial charge on any atom is -0.493 e. The molecule has 1 aliphatic carbocycles. The largest absolute Gasteiger partial charge is 0.493 e. The first-order valence-corrected chi connectivity index (χ1v) is 7.02. The van der Waals surface area contributed by atoms with Gasteiger partial charge in [0.05, 0.1) is 25.9 Å². The average Bonchev–Trinajstić information content (AvgIpc) is 3.13. The minimum absolute atomic E-state index is 0.420. The highest BCUT2D eigenvalue weighted by molar-refractivity contribution is 6.19. The maximum absolute atomic E-state index is 12.1. The lowest BCUT2D eigenvalue weighted by Gasteiger charge is -2.13. The molecule has 0 bridgehead atoms. The number of carbonyl (C=O) groups excluding carboxylic acids is 2. The summed E-state index contributed by atoms with van der Waals surface area (Å²) in [6.07, 6.45) is 0. The number of fused-ring (bicyclic) bond motifs is 1. The second-order valence-corrected chi connectivity index (χ2v) is 5.40. The van der Waals surface area contributed by atoms with Crippen LogP contribution in [0.5, 0.6) is 11.5 Å². The van der Waals surface area contributed by atoms with Crippen molar-refractivity contribution >= 4 is 11.8 Å².